The van der Waals surface area contributed by atoms with Gasteiger partial charge in [0.25, 0.3) is 0 Å². The second-order valence-corrected chi connectivity index (χ2v) is 8.13. The number of carboxylic acid groups (broad SMARTS) is 1. The highest BCUT2D eigenvalue weighted by molar-refractivity contribution is 9.10. The molecule has 1 atom stereocenters. The third-order valence-electron chi connectivity index (χ3n) is 4.54. The molecule has 150 valence electrons. The second kappa shape index (κ2) is 9.54. The lowest BCUT2D eigenvalue weighted by Crippen LogP contribution is -2.18. The van der Waals surface area contributed by atoms with Crippen molar-refractivity contribution in [3.8, 4) is 5.75 Å². The van der Waals surface area contributed by atoms with Gasteiger partial charge in [0.05, 0.1) is 18.8 Å². The van der Waals surface area contributed by atoms with Gasteiger partial charge in [-0.3, -0.25) is 0 Å². The molecule has 2 aromatic rings. The minimum absolute atomic E-state index is 0.176. The highest BCUT2D eigenvalue weighted by Gasteiger charge is 2.22. The fourth-order valence-electron chi connectivity index (χ4n) is 3.13. The van der Waals surface area contributed by atoms with Crippen LogP contribution in [0, 0.1) is 5.92 Å². The minimum atomic E-state index is -0.932. The highest BCUT2D eigenvalue weighted by atomic mass is 79.9. The first kappa shape index (κ1) is 20.8. The normalized spacial score (nSPS) is 16.1. The van der Waals surface area contributed by atoms with Gasteiger partial charge in [-0.15, -0.1) is 0 Å². The molecule has 28 heavy (non-hydrogen) atoms. The quantitative estimate of drug-likeness (QED) is 0.583. The van der Waals surface area contributed by atoms with Gasteiger partial charge in [-0.1, -0.05) is 41.9 Å². The maximum atomic E-state index is 11.1. The molecule has 3 rings (SSSR count). The van der Waals surface area contributed by atoms with Crippen molar-refractivity contribution in [2.24, 2.45) is 5.92 Å². The van der Waals surface area contributed by atoms with E-state index in [4.69, 9.17) is 19.3 Å². The van der Waals surface area contributed by atoms with Crippen molar-refractivity contribution in [3.05, 3.63) is 63.6 Å². The van der Waals surface area contributed by atoms with Gasteiger partial charge in [-0.05, 0) is 54.7 Å². The Balaban J connectivity index is 1.83. The van der Waals surface area contributed by atoms with E-state index in [1.165, 1.54) is 0 Å². The molecule has 0 saturated carbocycles. The van der Waals surface area contributed by atoms with E-state index in [1.807, 2.05) is 30.3 Å². The smallest absolute Gasteiger partial charge is 0.335 e. The van der Waals surface area contributed by atoms with Crippen LogP contribution in [0.3, 0.4) is 0 Å². The molecule has 1 aliphatic rings. The molecule has 1 heterocycles. The summed E-state index contributed by atoms with van der Waals surface area (Å²) < 4.78 is 18.7. The van der Waals surface area contributed by atoms with E-state index in [-0.39, 0.29) is 11.7 Å². The predicted molar refractivity (Wildman–Crippen MR) is 110 cm³/mol. The number of rotatable bonds is 7. The zero-order valence-corrected chi connectivity index (χ0v) is 17.6. The molecule has 0 amide bonds. The summed E-state index contributed by atoms with van der Waals surface area (Å²) >= 11 is 3.57. The van der Waals surface area contributed by atoms with Gasteiger partial charge in [0, 0.05) is 10.0 Å². The Morgan fingerprint density at radius 3 is 2.46 bits per heavy atom. The van der Waals surface area contributed by atoms with Gasteiger partial charge in [0.2, 0.25) is 0 Å². The Labute approximate surface area is 173 Å². The van der Waals surface area contributed by atoms with Crippen LogP contribution in [0.1, 0.15) is 60.6 Å². The van der Waals surface area contributed by atoms with E-state index in [1.54, 1.807) is 12.1 Å². The van der Waals surface area contributed by atoms with Gasteiger partial charge >= 0.3 is 5.97 Å². The second-order valence-electron chi connectivity index (χ2n) is 7.27. The van der Waals surface area contributed by atoms with E-state index in [9.17, 15) is 4.79 Å². The standard InChI is InChI=1S/C22H25BrO5/c1-14(2)12-20(15-4-6-16(7-5-15)21(24)25)28-17-8-9-19(23)18(13-17)22-26-10-3-11-27-22/h4-9,13-14,20,22H,3,10-12H2,1-2H3,(H,24,25). The maximum absolute atomic E-state index is 11.1. The molecule has 0 spiro atoms. The lowest BCUT2D eigenvalue weighted by atomic mass is 9.98. The Bertz CT molecular complexity index is 797. The monoisotopic (exact) mass is 448 g/mol. The zero-order valence-electron chi connectivity index (χ0n) is 16.1. The van der Waals surface area contributed by atoms with E-state index in [2.05, 4.69) is 29.8 Å². The van der Waals surface area contributed by atoms with E-state index >= 15 is 0 Å². The van der Waals surface area contributed by atoms with Crippen molar-refractivity contribution in [2.75, 3.05) is 13.2 Å². The van der Waals surface area contributed by atoms with Crippen molar-refractivity contribution in [3.63, 3.8) is 0 Å². The number of benzene rings is 2. The molecule has 2 aromatic carbocycles. The first-order chi connectivity index (χ1) is 13.4. The molecule has 1 fully saturated rings. The number of aromatic carboxylic acids is 1. The third-order valence-corrected chi connectivity index (χ3v) is 5.26. The molecular weight excluding hydrogens is 424 g/mol. The predicted octanol–water partition coefficient (Wildman–Crippen LogP) is 5.75. The maximum Gasteiger partial charge on any atom is 0.335 e. The van der Waals surface area contributed by atoms with Gasteiger partial charge in [-0.2, -0.15) is 0 Å². The first-order valence-corrected chi connectivity index (χ1v) is 10.3. The van der Waals surface area contributed by atoms with Crippen molar-refractivity contribution < 1.29 is 24.1 Å². The molecule has 0 aliphatic carbocycles. The van der Waals surface area contributed by atoms with Crippen LogP contribution in [0.25, 0.3) is 0 Å². The average Bonchev–Trinajstić information content (AvgIpc) is 2.69. The molecule has 0 bridgehead atoms. The number of halogens is 1. The Hall–Kier alpha value is -1.89. The van der Waals surface area contributed by atoms with Crippen LogP contribution < -0.4 is 4.74 Å². The third kappa shape index (κ3) is 5.34. The number of carboxylic acids is 1. The molecule has 0 aromatic heterocycles. The van der Waals surface area contributed by atoms with Crippen LogP contribution in [0.15, 0.2) is 46.9 Å². The van der Waals surface area contributed by atoms with E-state index in [0.717, 1.165) is 34.2 Å². The zero-order chi connectivity index (χ0) is 20.1. The molecule has 1 N–H and O–H groups in total. The van der Waals surface area contributed by atoms with Gasteiger partial charge < -0.3 is 19.3 Å². The number of carbonyl (C=O) groups is 1. The Morgan fingerprint density at radius 2 is 1.86 bits per heavy atom. The molecule has 1 unspecified atom stereocenters. The topological polar surface area (TPSA) is 65.0 Å². The van der Waals surface area contributed by atoms with Crippen LogP contribution in [0.4, 0.5) is 0 Å². The number of hydrogen-bond donors (Lipinski definition) is 1. The number of ether oxygens (including phenoxy) is 3. The van der Waals surface area contributed by atoms with Crippen LogP contribution in [-0.2, 0) is 9.47 Å². The summed E-state index contributed by atoms with van der Waals surface area (Å²) in [5.41, 5.74) is 2.12. The first-order valence-electron chi connectivity index (χ1n) is 9.46. The molecule has 6 heteroatoms. The summed E-state index contributed by atoms with van der Waals surface area (Å²) in [5.74, 6) is 0.214. The summed E-state index contributed by atoms with van der Waals surface area (Å²) in [5, 5.41) is 9.12. The summed E-state index contributed by atoms with van der Waals surface area (Å²) in [4.78, 5) is 11.1. The van der Waals surface area contributed by atoms with Crippen LogP contribution in [0.2, 0.25) is 0 Å². The molecule has 1 aliphatic heterocycles. The van der Waals surface area contributed by atoms with Crippen molar-refractivity contribution in [2.45, 2.75) is 39.1 Å². The van der Waals surface area contributed by atoms with E-state index < -0.39 is 12.3 Å². The van der Waals surface area contributed by atoms with Gasteiger partial charge in [0.15, 0.2) is 6.29 Å². The van der Waals surface area contributed by atoms with Crippen molar-refractivity contribution in [1.82, 2.24) is 0 Å². The van der Waals surface area contributed by atoms with Crippen LogP contribution >= 0.6 is 15.9 Å². The summed E-state index contributed by atoms with van der Waals surface area (Å²) in [6, 6.07) is 12.7. The van der Waals surface area contributed by atoms with Crippen LogP contribution in [-0.4, -0.2) is 24.3 Å². The Kier molecular flexibility index (Phi) is 7.10. The minimum Gasteiger partial charge on any atom is -0.486 e. The molecular formula is C22H25BrO5. The highest BCUT2D eigenvalue weighted by Crippen LogP contribution is 2.35. The molecule has 0 radical (unpaired) electrons. The lowest BCUT2D eigenvalue weighted by molar-refractivity contribution is -0.183. The average molecular weight is 449 g/mol. The van der Waals surface area contributed by atoms with Gasteiger partial charge in [0.1, 0.15) is 11.9 Å². The lowest BCUT2D eigenvalue weighted by Gasteiger charge is -2.26. The summed E-state index contributed by atoms with van der Waals surface area (Å²) in [6.45, 7) is 5.62. The van der Waals surface area contributed by atoms with Gasteiger partial charge in [-0.25, -0.2) is 4.79 Å². The summed E-state index contributed by atoms with van der Waals surface area (Å²) in [7, 11) is 0. The summed E-state index contributed by atoms with van der Waals surface area (Å²) in [6.07, 6.45) is 1.14. The van der Waals surface area contributed by atoms with E-state index in [0.29, 0.717) is 19.1 Å². The fourth-order valence-corrected chi connectivity index (χ4v) is 3.56. The van der Waals surface area contributed by atoms with Crippen molar-refractivity contribution in [1.29, 1.82) is 0 Å². The molecule has 1 saturated heterocycles. The van der Waals surface area contributed by atoms with Crippen molar-refractivity contribution >= 4 is 21.9 Å². The SMILES string of the molecule is CC(C)CC(Oc1ccc(Br)c(C2OCCCO2)c1)c1ccc(C(=O)O)cc1. The molecule has 5 nitrogen and oxygen atoms in total. The largest absolute Gasteiger partial charge is 0.486 e. The number of hydrogen-bond acceptors (Lipinski definition) is 4. The van der Waals surface area contributed by atoms with Crippen LogP contribution in [0.5, 0.6) is 5.75 Å². The Morgan fingerprint density at radius 1 is 1.18 bits per heavy atom. The fraction of sp³-hybridized carbons (Fsp3) is 0.409.